The van der Waals surface area contributed by atoms with Gasteiger partial charge in [-0.1, -0.05) is 18.5 Å². The number of H-pyrrole nitrogens is 1. The average Bonchev–Trinajstić information content (AvgIpc) is 2.79. The lowest BCUT2D eigenvalue weighted by atomic mass is 9.76. The average molecular weight is 515 g/mol. The molecule has 196 valence electrons. The first-order valence-corrected chi connectivity index (χ1v) is 13.4. The van der Waals surface area contributed by atoms with Crippen molar-refractivity contribution in [1.82, 2.24) is 15.2 Å². The second-order valence-corrected chi connectivity index (χ2v) is 11.0. The number of aromatic amines is 1. The minimum absolute atomic E-state index is 0.0249. The van der Waals surface area contributed by atoms with Crippen LogP contribution in [0.4, 0.5) is 5.69 Å². The Morgan fingerprint density at radius 1 is 1.17 bits per heavy atom. The summed E-state index contributed by atoms with van der Waals surface area (Å²) in [5, 5.41) is 7.23. The third-order valence-corrected chi connectivity index (χ3v) is 8.52. The van der Waals surface area contributed by atoms with Crippen LogP contribution < -0.4 is 16.2 Å². The summed E-state index contributed by atoms with van der Waals surface area (Å²) in [7, 11) is 2.22. The Kier molecular flexibility index (Phi) is 8.12. The Morgan fingerprint density at radius 3 is 2.44 bits per heavy atom. The van der Waals surface area contributed by atoms with Crippen LogP contribution in [-0.4, -0.2) is 53.7 Å². The third-order valence-electron chi connectivity index (χ3n) is 8.30. The van der Waals surface area contributed by atoms with Crippen molar-refractivity contribution in [1.29, 1.82) is 0 Å². The highest BCUT2D eigenvalue weighted by molar-refractivity contribution is 6.31. The maximum Gasteiger partial charge on any atom is 0.253 e. The molecule has 3 N–H and O–H groups in total. The van der Waals surface area contributed by atoms with Crippen molar-refractivity contribution in [3.05, 3.63) is 61.5 Å². The quantitative estimate of drug-likeness (QED) is 0.474. The summed E-state index contributed by atoms with van der Waals surface area (Å²) in [4.78, 5) is 30.8. The lowest BCUT2D eigenvalue weighted by Gasteiger charge is -2.47. The number of hydrogen-bond acceptors (Lipinski definition) is 5. The molecule has 2 fully saturated rings. The summed E-state index contributed by atoms with van der Waals surface area (Å²) in [5.41, 5.74) is 4.32. The second kappa shape index (κ2) is 11.0. The summed E-state index contributed by atoms with van der Waals surface area (Å²) in [6, 6.07) is 6.66. The van der Waals surface area contributed by atoms with Gasteiger partial charge >= 0.3 is 0 Å². The summed E-state index contributed by atoms with van der Waals surface area (Å²) < 4.78 is 5.39. The number of nitrogens with zero attached hydrogens (tertiary/aromatic N) is 1. The van der Waals surface area contributed by atoms with E-state index < -0.39 is 0 Å². The Balaban J connectivity index is 1.47. The van der Waals surface area contributed by atoms with E-state index in [2.05, 4.69) is 34.5 Å². The largest absolute Gasteiger partial charge is 0.379 e. The van der Waals surface area contributed by atoms with Crippen LogP contribution in [0.5, 0.6) is 0 Å². The van der Waals surface area contributed by atoms with Crippen LogP contribution in [0, 0.1) is 20.8 Å². The number of pyridine rings is 1. The Hall–Kier alpha value is -2.35. The van der Waals surface area contributed by atoms with Crippen molar-refractivity contribution < 1.29 is 9.53 Å². The highest BCUT2D eigenvalue weighted by Gasteiger charge is 2.38. The van der Waals surface area contributed by atoms with Crippen molar-refractivity contribution in [2.75, 3.05) is 25.6 Å². The van der Waals surface area contributed by atoms with Gasteiger partial charge in [0.1, 0.15) is 0 Å². The van der Waals surface area contributed by atoms with Crippen molar-refractivity contribution in [3.63, 3.8) is 0 Å². The van der Waals surface area contributed by atoms with Crippen molar-refractivity contribution >= 4 is 23.2 Å². The molecule has 1 saturated carbocycles. The Labute approximate surface area is 218 Å². The molecule has 2 aliphatic rings. The van der Waals surface area contributed by atoms with E-state index in [9.17, 15) is 9.59 Å². The van der Waals surface area contributed by atoms with Crippen LogP contribution in [0.25, 0.3) is 0 Å². The molecule has 0 radical (unpaired) electrons. The zero-order chi connectivity index (χ0) is 26.0. The lowest BCUT2D eigenvalue weighted by molar-refractivity contribution is -0.0751. The van der Waals surface area contributed by atoms with Crippen molar-refractivity contribution in [2.24, 2.45) is 0 Å². The molecule has 8 heteroatoms. The van der Waals surface area contributed by atoms with E-state index in [4.69, 9.17) is 16.3 Å². The topological polar surface area (TPSA) is 86.5 Å². The Morgan fingerprint density at radius 2 is 1.86 bits per heavy atom. The van der Waals surface area contributed by atoms with Gasteiger partial charge in [0.15, 0.2) is 0 Å². The monoisotopic (exact) mass is 514 g/mol. The molecule has 36 heavy (non-hydrogen) atoms. The number of halogens is 1. The smallest absolute Gasteiger partial charge is 0.253 e. The van der Waals surface area contributed by atoms with E-state index in [1.54, 1.807) is 6.07 Å². The highest BCUT2D eigenvalue weighted by atomic mass is 35.5. The molecule has 7 nitrogen and oxygen atoms in total. The fourth-order valence-corrected chi connectivity index (χ4v) is 5.80. The number of carbonyl (C=O) groups is 1. The number of benzene rings is 1. The third kappa shape index (κ3) is 5.63. The number of hydrogen-bond donors (Lipinski definition) is 3. The van der Waals surface area contributed by atoms with Crippen LogP contribution in [0.2, 0.25) is 5.02 Å². The zero-order valence-corrected chi connectivity index (χ0v) is 22.8. The van der Waals surface area contributed by atoms with Crippen LogP contribution in [0.15, 0.2) is 23.0 Å². The first-order valence-electron chi connectivity index (χ1n) is 13.0. The number of aromatic nitrogens is 1. The molecule has 2 heterocycles. The van der Waals surface area contributed by atoms with Crippen LogP contribution in [0.3, 0.4) is 0 Å². The number of carbonyl (C=O) groups excluding carboxylic acids is 1. The van der Waals surface area contributed by atoms with E-state index in [0.717, 1.165) is 67.8 Å². The standard InChI is InChI=1S/C28H39ClN4O3/c1-6-28(9-7-21(8-10-28)33(5)22-15-36-16-22)32-25-13-20(29)12-23(19(25)4)26(34)30-14-24-17(2)11-18(3)31-27(24)35/h11-13,21-22,32H,6-10,14-16H2,1-5H3,(H,30,34)(H,31,35)/t21-,28-. The number of rotatable bonds is 8. The fourth-order valence-electron chi connectivity index (χ4n) is 5.58. The fraction of sp³-hybridized carbons (Fsp3) is 0.571. The van der Waals surface area contributed by atoms with Gasteiger partial charge in [0, 0.05) is 45.7 Å². The van der Waals surface area contributed by atoms with Crippen LogP contribution >= 0.6 is 11.6 Å². The van der Waals surface area contributed by atoms with E-state index >= 15 is 0 Å². The molecule has 0 bridgehead atoms. The molecule has 1 aromatic heterocycles. The van der Waals surface area contributed by atoms with Crippen molar-refractivity contribution in [3.8, 4) is 0 Å². The predicted molar refractivity (Wildman–Crippen MR) is 145 cm³/mol. The van der Waals surface area contributed by atoms with Gasteiger partial charge in [0.05, 0.1) is 19.3 Å². The van der Waals surface area contributed by atoms with E-state index in [1.807, 2.05) is 32.9 Å². The van der Waals surface area contributed by atoms with Gasteiger partial charge in [-0.15, -0.1) is 0 Å². The van der Waals surface area contributed by atoms with E-state index in [0.29, 0.717) is 28.2 Å². The molecular formula is C28H39ClN4O3. The highest BCUT2D eigenvalue weighted by Crippen LogP contribution is 2.38. The predicted octanol–water partition coefficient (Wildman–Crippen LogP) is 4.72. The number of nitrogens with one attached hydrogen (secondary N) is 3. The minimum Gasteiger partial charge on any atom is -0.379 e. The molecule has 1 saturated heterocycles. The molecule has 0 atom stereocenters. The molecule has 1 aliphatic carbocycles. The minimum atomic E-state index is -0.240. The van der Waals surface area contributed by atoms with Crippen LogP contribution in [0.1, 0.15) is 71.8 Å². The van der Waals surface area contributed by atoms with E-state index in [1.165, 1.54) is 0 Å². The van der Waals surface area contributed by atoms with Gasteiger partial charge in [-0.25, -0.2) is 0 Å². The first kappa shape index (κ1) is 26.7. The SMILES string of the molecule is CC[C@]1(Nc2cc(Cl)cc(C(=O)NCc3c(C)cc(C)[nH]c3=O)c2C)CC[C@H](N(C)C2COC2)CC1. The Bertz CT molecular complexity index is 1170. The second-order valence-electron chi connectivity index (χ2n) is 10.6. The molecule has 2 aromatic rings. The number of likely N-dealkylation sites (N-methyl/N-ethyl adjacent to an activating group) is 1. The molecule has 4 rings (SSSR count). The van der Waals surface area contributed by atoms with Crippen molar-refractivity contribution in [2.45, 2.75) is 84.0 Å². The normalized spacial score (nSPS) is 22.4. The van der Waals surface area contributed by atoms with Crippen LogP contribution in [-0.2, 0) is 11.3 Å². The van der Waals surface area contributed by atoms with Gasteiger partial charge < -0.3 is 20.4 Å². The summed E-state index contributed by atoms with van der Waals surface area (Å²) >= 11 is 6.49. The molecule has 0 unspecified atom stereocenters. The molecule has 1 amide bonds. The maximum atomic E-state index is 13.2. The number of aryl methyl sites for hydroxylation is 2. The van der Waals surface area contributed by atoms with Gasteiger partial charge in [-0.3, -0.25) is 14.5 Å². The number of amides is 1. The molecular weight excluding hydrogens is 476 g/mol. The summed E-state index contributed by atoms with van der Waals surface area (Å²) in [5.74, 6) is -0.240. The number of anilines is 1. The summed E-state index contributed by atoms with van der Waals surface area (Å²) in [6.07, 6.45) is 5.39. The zero-order valence-electron chi connectivity index (χ0n) is 22.1. The lowest BCUT2D eigenvalue weighted by Crippen LogP contribution is -2.54. The van der Waals surface area contributed by atoms with Gasteiger partial charge in [-0.2, -0.15) is 0 Å². The number of ether oxygens (including phenoxy) is 1. The maximum absolute atomic E-state index is 13.2. The first-order chi connectivity index (χ1) is 17.1. The summed E-state index contributed by atoms with van der Waals surface area (Å²) in [6.45, 7) is 9.76. The van der Waals surface area contributed by atoms with E-state index in [-0.39, 0.29) is 23.6 Å². The van der Waals surface area contributed by atoms with Gasteiger partial charge in [0.25, 0.3) is 11.5 Å². The van der Waals surface area contributed by atoms with Gasteiger partial charge in [0.2, 0.25) is 0 Å². The molecule has 1 aliphatic heterocycles. The molecule has 1 aromatic carbocycles. The van der Waals surface area contributed by atoms with Gasteiger partial charge in [-0.05, 0) is 89.2 Å². The molecule has 0 spiro atoms.